The third-order valence-electron chi connectivity index (χ3n) is 4.46. The molecule has 24 heavy (non-hydrogen) atoms. The highest BCUT2D eigenvalue weighted by molar-refractivity contribution is 5.92. The van der Waals surface area contributed by atoms with Gasteiger partial charge in [-0.1, -0.05) is 13.8 Å². The summed E-state index contributed by atoms with van der Waals surface area (Å²) in [7, 11) is 1.59. The summed E-state index contributed by atoms with van der Waals surface area (Å²) in [5.74, 6) is 2.59. The van der Waals surface area contributed by atoms with Crippen molar-refractivity contribution in [1.82, 2.24) is 4.90 Å². The van der Waals surface area contributed by atoms with Gasteiger partial charge in [-0.15, -0.1) is 0 Å². The van der Waals surface area contributed by atoms with Gasteiger partial charge in [-0.05, 0) is 42.5 Å². The first-order valence-electron chi connectivity index (χ1n) is 8.31. The quantitative estimate of drug-likeness (QED) is 0.873. The first-order chi connectivity index (χ1) is 11.5. The molecule has 2 unspecified atom stereocenters. The summed E-state index contributed by atoms with van der Waals surface area (Å²) in [5.41, 5.74) is 7.19. The van der Waals surface area contributed by atoms with Crippen LogP contribution in [0.15, 0.2) is 34.7 Å². The van der Waals surface area contributed by atoms with Crippen LogP contribution in [0.2, 0.25) is 0 Å². The maximum Gasteiger partial charge on any atom is 0.289 e. The van der Waals surface area contributed by atoms with Crippen LogP contribution in [0.25, 0.3) is 11.3 Å². The SMILES string of the molecule is COc1cc(N)ccc1-c1ccc(C(=O)N2CC(C)CC(C)C2)o1. The van der Waals surface area contributed by atoms with Gasteiger partial charge in [0.2, 0.25) is 0 Å². The van der Waals surface area contributed by atoms with Crippen LogP contribution < -0.4 is 10.5 Å². The minimum Gasteiger partial charge on any atom is -0.496 e. The Balaban J connectivity index is 1.84. The van der Waals surface area contributed by atoms with Crippen molar-refractivity contribution < 1.29 is 13.9 Å². The summed E-state index contributed by atoms with van der Waals surface area (Å²) >= 11 is 0. The number of nitrogens with zero attached hydrogens (tertiary/aromatic N) is 1. The van der Waals surface area contributed by atoms with E-state index >= 15 is 0 Å². The number of nitrogens with two attached hydrogens (primary N) is 1. The number of hydrogen-bond donors (Lipinski definition) is 1. The number of rotatable bonds is 3. The molecule has 3 rings (SSSR count). The lowest BCUT2D eigenvalue weighted by atomic mass is 9.92. The second-order valence-corrected chi connectivity index (χ2v) is 6.78. The fraction of sp³-hybridized carbons (Fsp3) is 0.421. The maximum atomic E-state index is 12.7. The van der Waals surface area contributed by atoms with Crippen molar-refractivity contribution in [3.63, 3.8) is 0 Å². The standard InChI is InChI=1S/C19H24N2O3/c1-12-8-13(2)11-21(10-12)19(22)17-7-6-16(24-17)15-5-4-14(20)9-18(15)23-3/h4-7,9,12-13H,8,10-11,20H2,1-3H3. The number of nitrogen functional groups attached to an aromatic ring is 1. The molecule has 0 radical (unpaired) electrons. The number of amides is 1. The van der Waals surface area contributed by atoms with Gasteiger partial charge < -0.3 is 19.8 Å². The average molecular weight is 328 g/mol. The third kappa shape index (κ3) is 3.25. The molecular weight excluding hydrogens is 304 g/mol. The van der Waals surface area contributed by atoms with E-state index in [1.807, 2.05) is 11.0 Å². The van der Waals surface area contributed by atoms with E-state index in [4.69, 9.17) is 14.9 Å². The molecule has 0 spiro atoms. The van der Waals surface area contributed by atoms with Gasteiger partial charge in [0, 0.05) is 24.8 Å². The predicted molar refractivity (Wildman–Crippen MR) is 94.0 cm³/mol. The molecule has 5 heteroatoms. The summed E-state index contributed by atoms with van der Waals surface area (Å²) in [6, 6.07) is 8.91. The molecule has 1 fully saturated rings. The van der Waals surface area contributed by atoms with Gasteiger partial charge in [0.05, 0.1) is 12.7 Å². The van der Waals surface area contributed by atoms with Crippen LogP contribution >= 0.6 is 0 Å². The molecule has 0 saturated carbocycles. The molecule has 0 aliphatic carbocycles. The molecule has 1 saturated heterocycles. The van der Waals surface area contributed by atoms with E-state index in [-0.39, 0.29) is 5.91 Å². The van der Waals surface area contributed by atoms with Crippen LogP contribution in [0, 0.1) is 11.8 Å². The highest BCUT2D eigenvalue weighted by Crippen LogP contribution is 2.33. The molecule has 1 aromatic heterocycles. The fourth-order valence-corrected chi connectivity index (χ4v) is 3.49. The van der Waals surface area contributed by atoms with Crippen molar-refractivity contribution in [1.29, 1.82) is 0 Å². The Bertz CT molecular complexity index is 728. The van der Waals surface area contributed by atoms with Crippen LogP contribution in [-0.2, 0) is 0 Å². The zero-order chi connectivity index (χ0) is 17.3. The number of ether oxygens (including phenoxy) is 1. The zero-order valence-corrected chi connectivity index (χ0v) is 14.4. The monoisotopic (exact) mass is 328 g/mol. The van der Waals surface area contributed by atoms with E-state index in [1.54, 1.807) is 31.4 Å². The number of anilines is 1. The number of carbonyl (C=O) groups is 1. The van der Waals surface area contributed by atoms with E-state index in [0.29, 0.717) is 34.8 Å². The van der Waals surface area contributed by atoms with Crippen LogP contribution in [0.1, 0.15) is 30.8 Å². The Kier molecular flexibility index (Phi) is 4.51. The largest absolute Gasteiger partial charge is 0.496 e. The molecule has 1 aliphatic heterocycles. The molecule has 2 heterocycles. The molecule has 1 aromatic carbocycles. The van der Waals surface area contributed by atoms with Crippen molar-refractivity contribution in [3.8, 4) is 17.1 Å². The van der Waals surface area contributed by atoms with Crippen LogP contribution in [0.5, 0.6) is 5.75 Å². The second kappa shape index (κ2) is 6.59. The second-order valence-electron chi connectivity index (χ2n) is 6.78. The highest BCUT2D eigenvalue weighted by atomic mass is 16.5. The molecule has 2 atom stereocenters. The Morgan fingerprint density at radius 3 is 2.58 bits per heavy atom. The van der Waals surface area contributed by atoms with Gasteiger partial charge in [0.1, 0.15) is 11.5 Å². The fourth-order valence-electron chi connectivity index (χ4n) is 3.49. The van der Waals surface area contributed by atoms with Gasteiger partial charge in [-0.25, -0.2) is 0 Å². The number of furan rings is 1. The predicted octanol–water partition coefficient (Wildman–Crippen LogP) is 3.66. The van der Waals surface area contributed by atoms with Crippen molar-refractivity contribution in [2.24, 2.45) is 11.8 Å². The van der Waals surface area contributed by atoms with E-state index in [9.17, 15) is 4.79 Å². The van der Waals surface area contributed by atoms with Gasteiger partial charge in [-0.3, -0.25) is 4.79 Å². The maximum absolute atomic E-state index is 12.7. The summed E-state index contributed by atoms with van der Waals surface area (Å²) < 4.78 is 11.2. The normalized spacial score (nSPS) is 20.9. The van der Waals surface area contributed by atoms with E-state index in [0.717, 1.165) is 25.1 Å². The zero-order valence-electron chi connectivity index (χ0n) is 14.4. The lowest BCUT2D eigenvalue weighted by Gasteiger charge is -2.34. The van der Waals surface area contributed by atoms with Crippen LogP contribution in [0.3, 0.4) is 0 Å². The Morgan fingerprint density at radius 1 is 1.21 bits per heavy atom. The van der Waals surface area contributed by atoms with Crippen molar-refractivity contribution in [3.05, 3.63) is 36.1 Å². The molecule has 2 N–H and O–H groups in total. The number of hydrogen-bond acceptors (Lipinski definition) is 4. The smallest absolute Gasteiger partial charge is 0.289 e. The molecule has 5 nitrogen and oxygen atoms in total. The molecule has 128 valence electrons. The van der Waals surface area contributed by atoms with Crippen molar-refractivity contribution in [2.45, 2.75) is 20.3 Å². The van der Waals surface area contributed by atoms with Crippen molar-refractivity contribution in [2.75, 3.05) is 25.9 Å². The Labute approximate surface area is 142 Å². The summed E-state index contributed by atoms with van der Waals surface area (Å²) in [6.45, 7) is 5.93. The van der Waals surface area contributed by atoms with E-state index < -0.39 is 0 Å². The first kappa shape index (κ1) is 16.4. The third-order valence-corrected chi connectivity index (χ3v) is 4.46. The minimum atomic E-state index is -0.0472. The number of likely N-dealkylation sites (tertiary alicyclic amines) is 1. The minimum absolute atomic E-state index is 0.0472. The van der Waals surface area contributed by atoms with Gasteiger partial charge >= 0.3 is 0 Å². The van der Waals surface area contributed by atoms with Crippen LogP contribution in [-0.4, -0.2) is 31.0 Å². The van der Waals surface area contributed by atoms with Gasteiger partial charge in [0.15, 0.2) is 5.76 Å². The number of piperidine rings is 1. The summed E-state index contributed by atoms with van der Waals surface area (Å²) in [4.78, 5) is 14.6. The number of benzene rings is 1. The highest BCUT2D eigenvalue weighted by Gasteiger charge is 2.28. The van der Waals surface area contributed by atoms with E-state index in [2.05, 4.69) is 13.8 Å². The molecule has 1 amide bonds. The molecule has 0 bridgehead atoms. The topological polar surface area (TPSA) is 68.7 Å². The van der Waals surface area contributed by atoms with Crippen molar-refractivity contribution >= 4 is 11.6 Å². The summed E-state index contributed by atoms with van der Waals surface area (Å²) in [6.07, 6.45) is 1.16. The lowest BCUT2D eigenvalue weighted by Crippen LogP contribution is -2.42. The van der Waals surface area contributed by atoms with Crippen LogP contribution in [0.4, 0.5) is 5.69 Å². The lowest BCUT2D eigenvalue weighted by molar-refractivity contribution is 0.0592. The van der Waals surface area contributed by atoms with E-state index in [1.165, 1.54) is 0 Å². The first-order valence-corrected chi connectivity index (χ1v) is 8.31. The molecule has 2 aromatic rings. The van der Waals surface area contributed by atoms with Gasteiger partial charge in [0.25, 0.3) is 5.91 Å². The summed E-state index contributed by atoms with van der Waals surface area (Å²) in [5, 5.41) is 0. The van der Waals surface area contributed by atoms with Gasteiger partial charge in [-0.2, -0.15) is 0 Å². The molecule has 1 aliphatic rings. The number of carbonyl (C=O) groups excluding carboxylic acids is 1. The molecular formula is C19H24N2O3. The number of methoxy groups -OCH3 is 1. The Morgan fingerprint density at radius 2 is 1.92 bits per heavy atom. The Hall–Kier alpha value is -2.43. The average Bonchev–Trinajstić information content (AvgIpc) is 3.02.